The third kappa shape index (κ3) is 2.59. The van der Waals surface area contributed by atoms with E-state index in [1.54, 1.807) is 4.90 Å². The Kier molecular flexibility index (Phi) is 3.57. The molecule has 1 amide bonds. The van der Waals surface area contributed by atoms with E-state index in [0.717, 1.165) is 17.8 Å². The van der Waals surface area contributed by atoms with Gasteiger partial charge in [0.15, 0.2) is 0 Å². The van der Waals surface area contributed by atoms with Crippen LogP contribution in [0.25, 0.3) is 11.4 Å². The van der Waals surface area contributed by atoms with Gasteiger partial charge in [-0.3, -0.25) is 4.79 Å². The van der Waals surface area contributed by atoms with Crippen LogP contribution in [0, 0.1) is 0 Å². The third-order valence-corrected chi connectivity index (χ3v) is 3.59. The first-order chi connectivity index (χ1) is 10.2. The van der Waals surface area contributed by atoms with Gasteiger partial charge in [0.25, 0.3) is 0 Å². The van der Waals surface area contributed by atoms with E-state index in [9.17, 15) is 4.79 Å². The lowest BCUT2D eigenvalue weighted by Crippen LogP contribution is -2.48. The number of amides is 1. The number of benzene rings is 1. The molecule has 0 bridgehead atoms. The van der Waals surface area contributed by atoms with Gasteiger partial charge in [0.2, 0.25) is 17.6 Å². The molecule has 1 fully saturated rings. The second kappa shape index (κ2) is 5.53. The molecule has 0 unspecified atom stereocenters. The first-order valence-corrected chi connectivity index (χ1v) is 6.80. The monoisotopic (exact) mass is 287 g/mol. The lowest BCUT2D eigenvalue weighted by molar-refractivity contribution is -0.129. The topological polar surface area (TPSA) is 88.5 Å². The van der Waals surface area contributed by atoms with Gasteiger partial charge in [-0.25, -0.2) is 0 Å². The van der Waals surface area contributed by atoms with Crippen molar-refractivity contribution in [2.45, 2.75) is 6.54 Å². The van der Waals surface area contributed by atoms with Gasteiger partial charge in [-0.05, 0) is 12.1 Å². The van der Waals surface area contributed by atoms with E-state index in [1.165, 1.54) is 0 Å². The highest BCUT2D eigenvalue weighted by Crippen LogP contribution is 2.29. The summed E-state index contributed by atoms with van der Waals surface area (Å²) in [7, 11) is 1.82. The van der Waals surface area contributed by atoms with Crippen LogP contribution in [0.2, 0.25) is 0 Å². The van der Waals surface area contributed by atoms with Crippen LogP contribution >= 0.6 is 0 Å². The van der Waals surface area contributed by atoms with Crippen molar-refractivity contribution in [2.75, 3.05) is 31.6 Å². The maximum absolute atomic E-state index is 11.9. The molecule has 7 heteroatoms. The van der Waals surface area contributed by atoms with Gasteiger partial charge in [0, 0.05) is 31.4 Å². The first-order valence-electron chi connectivity index (χ1n) is 6.80. The van der Waals surface area contributed by atoms with Crippen molar-refractivity contribution in [3.05, 3.63) is 30.2 Å². The van der Waals surface area contributed by atoms with Crippen LogP contribution in [0.15, 0.2) is 28.8 Å². The van der Waals surface area contributed by atoms with Crippen LogP contribution in [0.1, 0.15) is 5.89 Å². The minimum atomic E-state index is 0.104. The van der Waals surface area contributed by atoms with E-state index in [4.69, 9.17) is 10.3 Å². The van der Waals surface area contributed by atoms with Crippen LogP contribution in [-0.4, -0.2) is 47.6 Å². The van der Waals surface area contributed by atoms with Crippen molar-refractivity contribution >= 4 is 11.6 Å². The Labute approximate surface area is 122 Å². The second-order valence-corrected chi connectivity index (χ2v) is 4.97. The van der Waals surface area contributed by atoms with E-state index in [-0.39, 0.29) is 12.5 Å². The molecule has 1 aromatic heterocycles. The Morgan fingerprint density at radius 1 is 1.33 bits per heavy atom. The number of piperazine rings is 1. The molecule has 2 N–H and O–H groups in total. The molecule has 2 aromatic rings. The predicted octanol–water partition coefficient (Wildman–Crippen LogP) is 0.474. The lowest BCUT2D eigenvalue weighted by Gasteiger charge is -2.34. The molecule has 1 aliphatic rings. The molecule has 0 spiro atoms. The lowest BCUT2D eigenvalue weighted by atomic mass is 10.1. The Hall–Kier alpha value is -2.41. The molecule has 21 heavy (non-hydrogen) atoms. The zero-order valence-corrected chi connectivity index (χ0v) is 11.8. The van der Waals surface area contributed by atoms with Crippen molar-refractivity contribution < 1.29 is 9.32 Å². The quantitative estimate of drug-likeness (QED) is 0.883. The molecule has 1 saturated heterocycles. The number of nitrogens with two attached hydrogens (primary N) is 1. The van der Waals surface area contributed by atoms with Gasteiger partial charge in [0.1, 0.15) is 0 Å². The van der Waals surface area contributed by atoms with Crippen molar-refractivity contribution in [3.8, 4) is 11.4 Å². The summed E-state index contributed by atoms with van der Waals surface area (Å²) in [5.74, 6) is 0.999. The fraction of sp³-hybridized carbons (Fsp3) is 0.357. The number of aromatic nitrogens is 2. The SMILES string of the molecule is CN1CCN(c2ccccc2-c2noc(CN)n2)CC1=O. The standard InChI is InChI=1S/C14H17N5O2/c1-18-6-7-19(9-13(18)20)11-5-3-2-4-10(11)14-16-12(8-15)21-17-14/h2-5H,6-9,15H2,1H3. The van der Waals surface area contributed by atoms with Gasteiger partial charge >= 0.3 is 0 Å². The summed E-state index contributed by atoms with van der Waals surface area (Å²) < 4.78 is 5.07. The maximum Gasteiger partial charge on any atom is 0.241 e. The van der Waals surface area contributed by atoms with Gasteiger partial charge in [-0.2, -0.15) is 4.98 Å². The summed E-state index contributed by atoms with van der Waals surface area (Å²) in [5, 5.41) is 3.96. The zero-order chi connectivity index (χ0) is 14.8. The number of nitrogens with zero attached hydrogens (tertiary/aromatic N) is 4. The third-order valence-electron chi connectivity index (χ3n) is 3.59. The molecule has 0 saturated carbocycles. The molecule has 7 nitrogen and oxygen atoms in total. The average Bonchev–Trinajstić information content (AvgIpc) is 2.99. The largest absolute Gasteiger partial charge is 0.360 e. The molecule has 0 aliphatic carbocycles. The number of rotatable bonds is 3. The highest BCUT2D eigenvalue weighted by molar-refractivity contribution is 5.85. The molecule has 2 heterocycles. The molecular weight excluding hydrogens is 270 g/mol. The Bertz CT molecular complexity index is 654. The fourth-order valence-electron chi connectivity index (χ4n) is 2.35. The number of para-hydroxylation sites is 1. The van der Waals surface area contributed by atoms with Crippen LogP contribution in [0.4, 0.5) is 5.69 Å². The highest BCUT2D eigenvalue weighted by Gasteiger charge is 2.24. The summed E-state index contributed by atoms with van der Waals surface area (Å²) >= 11 is 0. The highest BCUT2D eigenvalue weighted by atomic mass is 16.5. The summed E-state index contributed by atoms with van der Waals surface area (Å²) in [4.78, 5) is 19.9. The number of carbonyl (C=O) groups is 1. The zero-order valence-electron chi connectivity index (χ0n) is 11.8. The van der Waals surface area contributed by atoms with E-state index in [1.807, 2.05) is 36.2 Å². The van der Waals surface area contributed by atoms with Crippen molar-refractivity contribution in [1.29, 1.82) is 0 Å². The molecule has 0 radical (unpaired) electrons. The summed E-state index contributed by atoms with van der Waals surface area (Å²) in [6, 6.07) is 7.73. The molecule has 1 aromatic carbocycles. The minimum absolute atomic E-state index is 0.104. The molecule has 1 aliphatic heterocycles. The minimum Gasteiger partial charge on any atom is -0.360 e. The Morgan fingerprint density at radius 3 is 2.86 bits per heavy atom. The number of likely N-dealkylation sites (N-methyl/N-ethyl adjacent to an activating group) is 1. The van der Waals surface area contributed by atoms with Crippen molar-refractivity contribution in [3.63, 3.8) is 0 Å². The maximum atomic E-state index is 11.9. The van der Waals surface area contributed by atoms with E-state index in [2.05, 4.69) is 10.1 Å². The average molecular weight is 287 g/mol. The number of hydrogen-bond donors (Lipinski definition) is 1. The first kappa shape index (κ1) is 13.6. The van der Waals surface area contributed by atoms with E-state index in [0.29, 0.717) is 24.8 Å². The van der Waals surface area contributed by atoms with Gasteiger partial charge in [-0.1, -0.05) is 17.3 Å². The summed E-state index contributed by atoms with van der Waals surface area (Å²) in [6.45, 7) is 2.05. The molecule has 110 valence electrons. The second-order valence-electron chi connectivity index (χ2n) is 4.97. The number of anilines is 1. The molecule has 3 rings (SSSR count). The molecule has 0 atom stereocenters. The predicted molar refractivity (Wildman–Crippen MR) is 77.5 cm³/mol. The molecular formula is C14H17N5O2. The van der Waals surface area contributed by atoms with Gasteiger partial charge in [-0.15, -0.1) is 0 Å². The van der Waals surface area contributed by atoms with Crippen molar-refractivity contribution in [1.82, 2.24) is 15.0 Å². The summed E-state index contributed by atoms with van der Waals surface area (Å²) in [6.07, 6.45) is 0. The number of carbonyl (C=O) groups excluding carboxylic acids is 1. The van der Waals surface area contributed by atoms with Crippen LogP contribution in [0.5, 0.6) is 0 Å². The fourth-order valence-corrected chi connectivity index (χ4v) is 2.35. The normalized spacial score (nSPS) is 15.6. The van der Waals surface area contributed by atoms with Gasteiger partial charge < -0.3 is 20.1 Å². The van der Waals surface area contributed by atoms with Crippen LogP contribution in [-0.2, 0) is 11.3 Å². The number of hydrogen-bond acceptors (Lipinski definition) is 6. The van der Waals surface area contributed by atoms with Crippen molar-refractivity contribution in [2.24, 2.45) is 5.73 Å². The Morgan fingerprint density at radius 2 is 2.14 bits per heavy atom. The smallest absolute Gasteiger partial charge is 0.241 e. The van der Waals surface area contributed by atoms with Crippen LogP contribution < -0.4 is 10.6 Å². The van der Waals surface area contributed by atoms with Crippen LogP contribution in [0.3, 0.4) is 0 Å². The van der Waals surface area contributed by atoms with Gasteiger partial charge in [0.05, 0.1) is 13.1 Å². The van der Waals surface area contributed by atoms with E-state index < -0.39 is 0 Å². The van der Waals surface area contributed by atoms with E-state index >= 15 is 0 Å². The Balaban J connectivity index is 1.94. The summed E-state index contributed by atoms with van der Waals surface area (Å²) in [5.41, 5.74) is 7.28.